The molecule has 2 aliphatic heterocycles. The highest BCUT2D eigenvalue weighted by Gasteiger charge is 2.54. The lowest BCUT2D eigenvalue weighted by Gasteiger charge is -2.49. The number of β-lactam (4-membered cyclic amide) rings is 1. The quantitative estimate of drug-likeness (QED) is 0.131. The van der Waals surface area contributed by atoms with E-state index < -0.39 is 29.2 Å². The molecule has 0 radical (unpaired) electrons. The Kier molecular flexibility index (Phi) is 6.57. The third-order valence-electron chi connectivity index (χ3n) is 5.26. The van der Waals surface area contributed by atoms with Crippen molar-refractivity contribution in [3.05, 3.63) is 41.5 Å². The van der Waals surface area contributed by atoms with Crippen LogP contribution in [0.2, 0.25) is 0 Å². The number of hydrogen-bond donors (Lipinski definition) is 3. The van der Waals surface area contributed by atoms with Crippen molar-refractivity contribution >= 4 is 58.5 Å². The van der Waals surface area contributed by atoms with Gasteiger partial charge >= 0.3 is 5.97 Å². The maximum atomic E-state index is 13.0. The predicted octanol–water partition coefficient (Wildman–Crippen LogP) is -1.23. The van der Waals surface area contributed by atoms with Crippen LogP contribution < -0.4 is 11.1 Å². The first kappa shape index (κ1) is 24.4. The number of nitrogens with one attached hydrogen (secondary N) is 1. The van der Waals surface area contributed by atoms with Crippen LogP contribution in [0.25, 0.3) is 5.65 Å². The number of nitrogen functional groups attached to an aromatic ring is 1. The number of carboxylic acids is 1. The second-order valence-corrected chi connectivity index (χ2v) is 9.63. The highest BCUT2D eigenvalue weighted by atomic mass is 32.2. The van der Waals surface area contributed by atoms with E-state index in [1.54, 1.807) is 12.1 Å². The second-order valence-electron chi connectivity index (χ2n) is 7.53. The maximum absolute atomic E-state index is 13.0. The van der Waals surface area contributed by atoms with Crippen LogP contribution in [0.3, 0.4) is 0 Å². The minimum absolute atomic E-state index is 0.0850. The lowest BCUT2D eigenvalue weighted by molar-refractivity contribution is -0.150. The Morgan fingerprint density at radius 3 is 2.97 bits per heavy atom. The molecular formula is C19H17N11O5S2. The van der Waals surface area contributed by atoms with E-state index in [4.69, 9.17) is 10.6 Å². The van der Waals surface area contributed by atoms with Crippen molar-refractivity contribution < 1.29 is 24.3 Å². The van der Waals surface area contributed by atoms with Gasteiger partial charge in [0.25, 0.3) is 11.8 Å². The molecule has 0 saturated carbocycles. The monoisotopic (exact) mass is 543 g/mol. The van der Waals surface area contributed by atoms with Crippen LogP contribution in [0.15, 0.2) is 45.8 Å². The first-order chi connectivity index (χ1) is 17.9. The molecule has 1 saturated heterocycles. The number of thioether (sulfide) groups is 2. The Hall–Kier alpha value is -4.32. The van der Waals surface area contributed by atoms with Gasteiger partial charge in [0.05, 0.1) is 0 Å². The average molecular weight is 544 g/mol. The van der Waals surface area contributed by atoms with Gasteiger partial charge in [0, 0.05) is 17.7 Å². The van der Waals surface area contributed by atoms with Crippen molar-refractivity contribution in [2.75, 3.05) is 24.3 Å². The van der Waals surface area contributed by atoms with Crippen LogP contribution in [0.5, 0.6) is 0 Å². The third-order valence-corrected chi connectivity index (χ3v) is 7.61. The Morgan fingerprint density at radius 1 is 1.38 bits per heavy atom. The van der Waals surface area contributed by atoms with Gasteiger partial charge < -0.3 is 21.0 Å². The molecule has 5 rings (SSSR count). The van der Waals surface area contributed by atoms with Crippen molar-refractivity contribution in [1.82, 2.24) is 45.4 Å². The topological polar surface area (TPSA) is 216 Å². The molecule has 2 atom stereocenters. The SMILES string of the molecule is CON=C(C(=O)NC1C(=O)N2C(C(=O)O)=C(CSc3ccc4nnnn4n3)CS[C@H]12)c1nccc(N)n1. The van der Waals surface area contributed by atoms with Crippen molar-refractivity contribution in [1.29, 1.82) is 0 Å². The Morgan fingerprint density at radius 2 is 2.22 bits per heavy atom. The molecule has 16 nitrogen and oxygen atoms in total. The number of carbonyl (C=O) groups excluding carboxylic acids is 2. The fraction of sp³-hybridized carbons (Fsp3) is 0.263. The summed E-state index contributed by atoms with van der Waals surface area (Å²) in [6.07, 6.45) is 1.35. The summed E-state index contributed by atoms with van der Waals surface area (Å²) in [5.41, 5.74) is 6.30. The van der Waals surface area contributed by atoms with E-state index >= 15 is 0 Å². The first-order valence-electron chi connectivity index (χ1n) is 10.5. The summed E-state index contributed by atoms with van der Waals surface area (Å²) in [5, 5.41) is 31.4. The van der Waals surface area contributed by atoms with Crippen LogP contribution in [-0.4, -0.2) is 98.8 Å². The summed E-state index contributed by atoms with van der Waals surface area (Å²) < 4.78 is 1.27. The summed E-state index contributed by atoms with van der Waals surface area (Å²) >= 11 is 2.63. The molecule has 4 N–H and O–H groups in total. The lowest BCUT2D eigenvalue weighted by Crippen LogP contribution is -2.71. The van der Waals surface area contributed by atoms with Crippen molar-refractivity contribution in [2.24, 2.45) is 5.16 Å². The molecule has 0 aromatic carbocycles. The van der Waals surface area contributed by atoms with Crippen LogP contribution in [0, 0.1) is 0 Å². The summed E-state index contributed by atoms with van der Waals surface area (Å²) in [7, 11) is 1.24. The molecule has 3 aromatic rings. The van der Waals surface area contributed by atoms with E-state index in [2.05, 4.69) is 41.1 Å². The van der Waals surface area contributed by atoms with E-state index in [-0.39, 0.29) is 28.8 Å². The summed E-state index contributed by atoms with van der Waals surface area (Å²) in [4.78, 5) is 51.9. The number of tetrazole rings is 1. The molecule has 0 bridgehead atoms. The molecule has 0 aliphatic carbocycles. The molecule has 1 unspecified atom stereocenters. The van der Waals surface area contributed by atoms with Gasteiger partial charge in [-0.15, -0.1) is 38.4 Å². The molecule has 190 valence electrons. The van der Waals surface area contributed by atoms with Crippen LogP contribution in [-0.2, 0) is 19.2 Å². The summed E-state index contributed by atoms with van der Waals surface area (Å²) in [5.74, 6) is -1.93. The molecule has 2 aliphatic rings. The van der Waals surface area contributed by atoms with Crippen molar-refractivity contribution in [3.63, 3.8) is 0 Å². The number of hydrogen-bond acceptors (Lipinski definition) is 14. The van der Waals surface area contributed by atoms with Crippen LogP contribution in [0.1, 0.15) is 5.82 Å². The van der Waals surface area contributed by atoms with Gasteiger partial charge in [-0.1, -0.05) is 5.16 Å². The van der Waals surface area contributed by atoms with Crippen LogP contribution in [0.4, 0.5) is 5.82 Å². The summed E-state index contributed by atoms with van der Waals surface area (Å²) in [6, 6.07) is 3.87. The Balaban J connectivity index is 1.31. The normalized spacial score (nSPS) is 19.4. The number of nitrogens with two attached hydrogens (primary N) is 1. The van der Waals surface area contributed by atoms with Gasteiger partial charge in [-0.3, -0.25) is 14.5 Å². The molecule has 5 heterocycles. The maximum Gasteiger partial charge on any atom is 0.352 e. The van der Waals surface area contributed by atoms with E-state index in [0.717, 1.165) is 0 Å². The zero-order chi connectivity index (χ0) is 26.1. The fourth-order valence-electron chi connectivity index (χ4n) is 3.64. The highest BCUT2D eigenvalue weighted by Crippen LogP contribution is 2.41. The lowest BCUT2D eigenvalue weighted by atomic mass is 10.0. The van der Waals surface area contributed by atoms with Gasteiger partial charge in [-0.2, -0.15) is 0 Å². The third kappa shape index (κ3) is 4.62. The van der Waals surface area contributed by atoms with E-state index in [1.165, 1.54) is 52.4 Å². The number of carboxylic acid groups (broad SMARTS) is 1. The minimum Gasteiger partial charge on any atom is -0.477 e. The largest absolute Gasteiger partial charge is 0.477 e. The number of aromatic nitrogens is 7. The van der Waals surface area contributed by atoms with Crippen molar-refractivity contribution in [3.8, 4) is 0 Å². The molecule has 0 spiro atoms. The predicted molar refractivity (Wildman–Crippen MR) is 129 cm³/mol. The number of nitrogens with zero attached hydrogens (tertiary/aromatic N) is 9. The molecule has 1 fully saturated rings. The number of oxime groups is 1. The molecule has 3 aromatic heterocycles. The van der Waals surface area contributed by atoms with E-state index in [9.17, 15) is 19.5 Å². The number of fused-ring (bicyclic) bond motifs is 2. The van der Waals surface area contributed by atoms with Crippen LogP contribution >= 0.6 is 23.5 Å². The van der Waals surface area contributed by atoms with Gasteiger partial charge in [-0.25, -0.2) is 14.8 Å². The number of rotatable bonds is 8. The van der Waals surface area contributed by atoms with Gasteiger partial charge in [-0.05, 0) is 34.2 Å². The number of anilines is 1. The van der Waals surface area contributed by atoms with Gasteiger partial charge in [0.1, 0.15) is 35.1 Å². The second kappa shape index (κ2) is 9.97. The number of aliphatic carboxylic acids is 1. The Bertz CT molecular complexity index is 1480. The summed E-state index contributed by atoms with van der Waals surface area (Å²) in [6.45, 7) is 0. The van der Waals surface area contributed by atoms with Gasteiger partial charge in [0.15, 0.2) is 11.5 Å². The molecule has 37 heavy (non-hydrogen) atoms. The zero-order valence-corrected chi connectivity index (χ0v) is 20.5. The average Bonchev–Trinajstić information content (AvgIpc) is 3.36. The first-order valence-corrected chi connectivity index (χ1v) is 12.5. The minimum atomic E-state index is -1.24. The standard InChI is InChI=1S/C19H17N11O5S2/c1-35-26-12(15-21-5-4-9(20)22-15)16(31)23-13-17(32)29-14(19(33)34)8(7-37-18(13)29)6-36-11-3-2-10-24-27-28-30(10)25-11/h2-5,13,18H,6-7H2,1H3,(H,23,31)(H,33,34)(H2,20,21,22)/t13?,18-/m1/s1. The van der Waals surface area contributed by atoms with E-state index in [0.29, 0.717) is 22.0 Å². The van der Waals surface area contributed by atoms with E-state index in [1.807, 2.05) is 0 Å². The Labute approximate surface area is 215 Å². The highest BCUT2D eigenvalue weighted by molar-refractivity contribution is 8.01. The van der Waals surface area contributed by atoms with Gasteiger partial charge in [0.2, 0.25) is 5.71 Å². The zero-order valence-electron chi connectivity index (χ0n) is 18.9. The molecule has 18 heteroatoms. The number of carbonyl (C=O) groups is 3. The molecular weight excluding hydrogens is 526 g/mol. The smallest absolute Gasteiger partial charge is 0.352 e. The fourth-order valence-corrected chi connectivity index (χ4v) is 5.97. The van der Waals surface area contributed by atoms with Crippen molar-refractivity contribution in [2.45, 2.75) is 16.4 Å². The number of amides is 2. The molecule has 2 amide bonds.